The molecule has 2 rings (SSSR count). The topological polar surface area (TPSA) is 98.7 Å². The predicted octanol–water partition coefficient (Wildman–Crippen LogP) is 1.12. The Bertz CT molecular complexity index is 638. The number of aromatic carboxylic acids is 1. The van der Waals surface area contributed by atoms with Crippen LogP contribution in [0.15, 0.2) is 24.3 Å². The lowest BCUT2D eigenvalue weighted by atomic mass is 10.2. The van der Waals surface area contributed by atoms with Crippen LogP contribution in [0.25, 0.3) is 10.1 Å². The summed E-state index contributed by atoms with van der Waals surface area (Å²) in [6, 6.07) is 6.84. The van der Waals surface area contributed by atoms with Crippen LogP contribution in [0.4, 0.5) is 5.69 Å². The van der Waals surface area contributed by atoms with Crippen molar-refractivity contribution in [2.75, 3.05) is 25.0 Å². The van der Waals surface area contributed by atoms with E-state index in [0.29, 0.717) is 12.2 Å². The van der Waals surface area contributed by atoms with E-state index < -0.39 is 5.97 Å². The van der Waals surface area contributed by atoms with Crippen molar-refractivity contribution in [2.45, 2.75) is 0 Å². The Morgan fingerprint density at radius 2 is 2.05 bits per heavy atom. The van der Waals surface area contributed by atoms with Crippen LogP contribution in [-0.2, 0) is 4.79 Å². The highest BCUT2D eigenvalue weighted by molar-refractivity contribution is 7.20. The number of fused-ring (bicyclic) bond motifs is 1. The van der Waals surface area contributed by atoms with Gasteiger partial charge in [-0.2, -0.15) is 0 Å². The van der Waals surface area contributed by atoms with Gasteiger partial charge in [-0.05, 0) is 29.7 Å². The highest BCUT2D eigenvalue weighted by Crippen LogP contribution is 2.28. The number of aliphatic hydroxyl groups excluding tert-OH is 1. The van der Waals surface area contributed by atoms with Gasteiger partial charge in [0.1, 0.15) is 4.88 Å². The van der Waals surface area contributed by atoms with Crippen LogP contribution in [0.2, 0.25) is 0 Å². The molecule has 0 aliphatic carbocycles. The lowest BCUT2D eigenvalue weighted by molar-refractivity contribution is -0.115. The van der Waals surface area contributed by atoms with Crippen molar-refractivity contribution in [1.82, 2.24) is 5.32 Å². The number of carbonyl (C=O) groups is 2. The van der Waals surface area contributed by atoms with E-state index in [2.05, 4.69) is 10.6 Å². The van der Waals surface area contributed by atoms with Gasteiger partial charge in [-0.15, -0.1) is 11.3 Å². The molecule has 4 N–H and O–H groups in total. The number of carbonyl (C=O) groups excluding carboxylic acids is 1. The van der Waals surface area contributed by atoms with Gasteiger partial charge in [-0.1, -0.05) is 0 Å². The molecule has 1 aromatic heterocycles. The number of anilines is 1. The molecule has 0 saturated heterocycles. The van der Waals surface area contributed by atoms with Crippen molar-refractivity contribution in [3.05, 3.63) is 29.1 Å². The van der Waals surface area contributed by atoms with Gasteiger partial charge < -0.3 is 20.8 Å². The maximum absolute atomic E-state index is 11.6. The van der Waals surface area contributed by atoms with E-state index in [1.54, 1.807) is 24.3 Å². The number of nitrogens with one attached hydrogen (secondary N) is 2. The van der Waals surface area contributed by atoms with E-state index in [1.165, 1.54) is 11.3 Å². The summed E-state index contributed by atoms with van der Waals surface area (Å²) in [5.74, 6) is -1.17. The molecule has 0 fully saturated rings. The molecule has 1 amide bonds. The second-order valence-electron chi connectivity index (χ2n) is 4.12. The number of carboxylic acid groups (broad SMARTS) is 1. The first-order valence-corrected chi connectivity index (χ1v) is 6.80. The van der Waals surface area contributed by atoms with Crippen molar-refractivity contribution in [3.63, 3.8) is 0 Å². The molecule has 0 aliphatic rings. The summed E-state index contributed by atoms with van der Waals surface area (Å²) in [4.78, 5) is 22.8. The minimum Gasteiger partial charge on any atom is -0.477 e. The second-order valence-corrected chi connectivity index (χ2v) is 5.20. The van der Waals surface area contributed by atoms with Crippen LogP contribution in [0.1, 0.15) is 9.67 Å². The third-order valence-electron chi connectivity index (χ3n) is 2.58. The zero-order valence-electron chi connectivity index (χ0n) is 10.5. The SMILES string of the molecule is O=C(CNCCO)Nc1ccc2sc(C(=O)O)cc2c1. The first-order valence-electron chi connectivity index (χ1n) is 5.98. The molecule has 0 spiro atoms. The van der Waals surface area contributed by atoms with Crippen molar-refractivity contribution in [2.24, 2.45) is 0 Å². The smallest absolute Gasteiger partial charge is 0.345 e. The number of hydrogen-bond acceptors (Lipinski definition) is 5. The fraction of sp³-hybridized carbons (Fsp3) is 0.231. The minimum atomic E-state index is -0.954. The lowest BCUT2D eigenvalue weighted by Crippen LogP contribution is -2.29. The zero-order valence-corrected chi connectivity index (χ0v) is 11.4. The van der Waals surface area contributed by atoms with Gasteiger partial charge >= 0.3 is 5.97 Å². The number of rotatable bonds is 6. The van der Waals surface area contributed by atoms with Gasteiger partial charge in [0.15, 0.2) is 0 Å². The van der Waals surface area contributed by atoms with E-state index in [-0.39, 0.29) is 23.9 Å². The number of amides is 1. The molecular weight excluding hydrogens is 280 g/mol. The molecule has 0 aliphatic heterocycles. The highest BCUT2D eigenvalue weighted by atomic mass is 32.1. The van der Waals surface area contributed by atoms with Crippen molar-refractivity contribution >= 4 is 39.0 Å². The molecule has 7 heteroatoms. The molecule has 0 unspecified atom stereocenters. The Labute approximate surface area is 119 Å². The third-order valence-corrected chi connectivity index (χ3v) is 3.69. The summed E-state index contributed by atoms with van der Waals surface area (Å²) in [5, 5.41) is 23.8. The molecule has 2 aromatic rings. The van der Waals surface area contributed by atoms with Crippen LogP contribution in [0.5, 0.6) is 0 Å². The van der Waals surface area contributed by atoms with E-state index in [0.717, 1.165) is 10.1 Å². The van der Waals surface area contributed by atoms with Gasteiger partial charge in [0.2, 0.25) is 5.91 Å². The van der Waals surface area contributed by atoms with Gasteiger partial charge in [-0.25, -0.2) is 4.79 Å². The average molecular weight is 294 g/mol. The van der Waals surface area contributed by atoms with Gasteiger partial charge in [0.25, 0.3) is 0 Å². The van der Waals surface area contributed by atoms with Crippen molar-refractivity contribution in [1.29, 1.82) is 0 Å². The molecular formula is C13H14N2O4S. The monoisotopic (exact) mass is 294 g/mol. The summed E-state index contributed by atoms with van der Waals surface area (Å²) in [6.45, 7) is 0.452. The highest BCUT2D eigenvalue weighted by Gasteiger charge is 2.09. The number of carboxylic acids is 1. The fourth-order valence-electron chi connectivity index (χ4n) is 1.71. The Hall–Kier alpha value is -1.96. The molecule has 0 bridgehead atoms. The Balaban J connectivity index is 2.07. The van der Waals surface area contributed by atoms with Crippen LogP contribution < -0.4 is 10.6 Å². The van der Waals surface area contributed by atoms with Gasteiger partial charge in [0, 0.05) is 16.9 Å². The number of aliphatic hydroxyl groups is 1. The van der Waals surface area contributed by atoms with E-state index in [4.69, 9.17) is 10.2 Å². The van der Waals surface area contributed by atoms with Gasteiger partial charge in [0.05, 0.1) is 13.2 Å². The summed E-state index contributed by atoms with van der Waals surface area (Å²) in [7, 11) is 0. The first-order chi connectivity index (χ1) is 9.60. The summed E-state index contributed by atoms with van der Waals surface area (Å²) < 4.78 is 0.860. The summed E-state index contributed by atoms with van der Waals surface area (Å²) in [6.07, 6.45) is 0. The minimum absolute atomic E-state index is 0.0217. The molecule has 0 saturated carbocycles. The number of benzene rings is 1. The lowest BCUT2D eigenvalue weighted by Gasteiger charge is -2.05. The fourth-order valence-corrected chi connectivity index (χ4v) is 2.59. The number of thiophene rings is 1. The van der Waals surface area contributed by atoms with Gasteiger partial charge in [-0.3, -0.25) is 4.79 Å². The van der Waals surface area contributed by atoms with E-state index >= 15 is 0 Å². The average Bonchev–Trinajstić information content (AvgIpc) is 2.82. The molecule has 0 atom stereocenters. The third kappa shape index (κ3) is 3.53. The maximum Gasteiger partial charge on any atom is 0.345 e. The van der Waals surface area contributed by atoms with E-state index in [9.17, 15) is 9.59 Å². The molecule has 20 heavy (non-hydrogen) atoms. The molecule has 0 radical (unpaired) electrons. The Morgan fingerprint density at radius 1 is 1.25 bits per heavy atom. The van der Waals surface area contributed by atoms with Crippen LogP contribution in [0.3, 0.4) is 0 Å². The standard InChI is InChI=1S/C13H14N2O4S/c16-4-3-14-7-12(17)15-9-1-2-10-8(5-9)6-11(20-10)13(18)19/h1-2,5-6,14,16H,3-4,7H2,(H,15,17)(H,18,19). The molecule has 1 heterocycles. The largest absolute Gasteiger partial charge is 0.477 e. The number of hydrogen-bond donors (Lipinski definition) is 4. The molecule has 6 nitrogen and oxygen atoms in total. The second kappa shape index (κ2) is 6.47. The summed E-state index contributed by atoms with van der Waals surface area (Å²) >= 11 is 1.20. The zero-order chi connectivity index (χ0) is 14.5. The molecule has 106 valence electrons. The Kier molecular flexibility index (Phi) is 4.67. The quantitative estimate of drug-likeness (QED) is 0.598. The first kappa shape index (κ1) is 14.4. The molecule has 1 aromatic carbocycles. The van der Waals surface area contributed by atoms with Crippen LogP contribution >= 0.6 is 11.3 Å². The van der Waals surface area contributed by atoms with Crippen LogP contribution in [0, 0.1) is 0 Å². The predicted molar refractivity (Wildman–Crippen MR) is 77.4 cm³/mol. The normalized spacial score (nSPS) is 10.7. The van der Waals surface area contributed by atoms with Crippen LogP contribution in [-0.4, -0.2) is 41.8 Å². The van der Waals surface area contributed by atoms with Crippen molar-refractivity contribution in [3.8, 4) is 0 Å². The van der Waals surface area contributed by atoms with Crippen molar-refractivity contribution < 1.29 is 19.8 Å². The van der Waals surface area contributed by atoms with E-state index in [1.807, 2.05) is 0 Å². The summed E-state index contributed by atoms with van der Waals surface area (Å²) in [5.41, 5.74) is 0.614. The maximum atomic E-state index is 11.6. The Morgan fingerprint density at radius 3 is 2.75 bits per heavy atom.